The van der Waals surface area contributed by atoms with Crippen molar-refractivity contribution in [3.63, 3.8) is 0 Å². The average Bonchev–Trinajstić information content (AvgIpc) is 2.93. The Hall–Kier alpha value is -1.77. The standard InChI is InChI=1S/C16H14BrFN2O3S/c1-9(24(22,23)8-21)16-15(13-4-2-3-5-19-13)10-6-11(17)12(18)7-14(10)20-16/h2-7,9,20-21H,8H2,1H3. The largest absolute Gasteiger partial charge is 0.380 e. The number of aliphatic hydroxyl groups excluding tert-OH is 1. The first-order chi connectivity index (χ1) is 11.3. The quantitative estimate of drug-likeness (QED) is 0.685. The van der Waals surface area contributed by atoms with Gasteiger partial charge in [0.2, 0.25) is 0 Å². The van der Waals surface area contributed by atoms with E-state index in [4.69, 9.17) is 5.11 Å². The molecular weight excluding hydrogens is 399 g/mol. The van der Waals surface area contributed by atoms with Crippen LogP contribution in [0.4, 0.5) is 4.39 Å². The van der Waals surface area contributed by atoms with Crippen LogP contribution in [0.5, 0.6) is 0 Å². The third kappa shape index (κ3) is 2.85. The highest BCUT2D eigenvalue weighted by molar-refractivity contribution is 9.10. The van der Waals surface area contributed by atoms with Crippen LogP contribution < -0.4 is 0 Å². The minimum atomic E-state index is -3.76. The third-order valence-electron chi connectivity index (χ3n) is 3.91. The van der Waals surface area contributed by atoms with E-state index in [1.165, 1.54) is 13.0 Å². The SMILES string of the molecule is CC(c1[nH]c2cc(F)c(Br)cc2c1-c1ccccn1)S(=O)(=O)CO. The molecule has 3 rings (SSSR count). The Balaban J connectivity index is 2.37. The molecule has 1 atom stereocenters. The number of aromatic amines is 1. The Morgan fingerprint density at radius 3 is 2.75 bits per heavy atom. The summed E-state index contributed by atoms with van der Waals surface area (Å²) >= 11 is 3.15. The van der Waals surface area contributed by atoms with Crippen molar-refractivity contribution in [3.05, 3.63) is 52.5 Å². The summed E-state index contributed by atoms with van der Waals surface area (Å²) in [4.78, 5) is 7.27. The number of hydrogen-bond acceptors (Lipinski definition) is 4. The molecule has 2 N–H and O–H groups in total. The van der Waals surface area contributed by atoms with E-state index in [-0.39, 0.29) is 4.47 Å². The second kappa shape index (κ2) is 6.27. The van der Waals surface area contributed by atoms with Gasteiger partial charge in [-0.2, -0.15) is 0 Å². The zero-order valence-corrected chi connectivity index (χ0v) is 15.0. The molecule has 0 saturated carbocycles. The zero-order valence-electron chi connectivity index (χ0n) is 12.6. The van der Waals surface area contributed by atoms with Gasteiger partial charge in [-0.15, -0.1) is 0 Å². The number of fused-ring (bicyclic) bond motifs is 1. The van der Waals surface area contributed by atoms with Crippen molar-refractivity contribution in [2.45, 2.75) is 12.2 Å². The van der Waals surface area contributed by atoms with Crippen LogP contribution in [-0.4, -0.2) is 29.4 Å². The maximum Gasteiger partial charge on any atom is 0.182 e. The molecule has 0 fully saturated rings. The van der Waals surface area contributed by atoms with Crippen LogP contribution in [0.2, 0.25) is 0 Å². The van der Waals surface area contributed by atoms with Gasteiger partial charge in [-0.3, -0.25) is 4.98 Å². The summed E-state index contributed by atoms with van der Waals surface area (Å²) in [6.07, 6.45) is 1.60. The van der Waals surface area contributed by atoms with Crippen LogP contribution in [0.15, 0.2) is 41.0 Å². The van der Waals surface area contributed by atoms with Crippen LogP contribution in [0.25, 0.3) is 22.2 Å². The Bertz CT molecular complexity index is 1000. The number of aliphatic hydroxyl groups is 1. The molecule has 2 aromatic heterocycles. The van der Waals surface area contributed by atoms with Crippen LogP contribution in [0.3, 0.4) is 0 Å². The van der Waals surface area contributed by atoms with E-state index >= 15 is 0 Å². The zero-order chi connectivity index (χ0) is 17.5. The number of rotatable bonds is 4. The summed E-state index contributed by atoms with van der Waals surface area (Å²) in [6.45, 7) is 1.48. The number of halogens is 2. The summed E-state index contributed by atoms with van der Waals surface area (Å²) in [7, 11) is -3.76. The van der Waals surface area contributed by atoms with Gasteiger partial charge in [-0.1, -0.05) is 6.07 Å². The van der Waals surface area contributed by atoms with Gasteiger partial charge in [0.1, 0.15) is 17.0 Å². The van der Waals surface area contributed by atoms with Crippen molar-refractivity contribution in [2.24, 2.45) is 0 Å². The van der Waals surface area contributed by atoms with E-state index < -0.39 is 26.8 Å². The van der Waals surface area contributed by atoms with E-state index in [1.54, 1.807) is 30.5 Å². The second-order valence-electron chi connectivity index (χ2n) is 5.37. The van der Waals surface area contributed by atoms with Crippen molar-refractivity contribution in [2.75, 3.05) is 5.94 Å². The number of hydrogen-bond donors (Lipinski definition) is 2. The van der Waals surface area contributed by atoms with Gasteiger partial charge < -0.3 is 10.1 Å². The fourth-order valence-electron chi connectivity index (χ4n) is 2.59. The molecule has 8 heteroatoms. The number of H-pyrrole nitrogens is 1. The Morgan fingerprint density at radius 1 is 1.38 bits per heavy atom. The molecule has 0 radical (unpaired) electrons. The maximum atomic E-state index is 13.9. The minimum Gasteiger partial charge on any atom is -0.380 e. The lowest BCUT2D eigenvalue weighted by Crippen LogP contribution is -2.15. The Morgan fingerprint density at radius 2 is 2.12 bits per heavy atom. The smallest absolute Gasteiger partial charge is 0.182 e. The molecular formula is C16H14BrFN2O3S. The molecule has 0 aliphatic heterocycles. The van der Waals surface area contributed by atoms with Crippen molar-refractivity contribution < 1.29 is 17.9 Å². The molecule has 126 valence electrons. The van der Waals surface area contributed by atoms with Gasteiger partial charge in [0, 0.05) is 28.4 Å². The molecule has 0 amide bonds. The molecule has 2 heterocycles. The lowest BCUT2D eigenvalue weighted by Gasteiger charge is -2.12. The van der Waals surface area contributed by atoms with Gasteiger partial charge in [-0.05, 0) is 47.1 Å². The summed E-state index contributed by atoms with van der Waals surface area (Å²) in [5, 5.41) is 8.82. The molecule has 0 bridgehead atoms. The van der Waals surface area contributed by atoms with E-state index in [0.717, 1.165) is 0 Å². The third-order valence-corrected chi connectivity index (χ3v) is 6.20. The summed E-state index contributed by atoms with van der Waals surface area (Å²) < 4.78 is 38.4. The number of nitrogens with zero attached hydrogens (tertiary/aromatic N) is 1. The molecule has 3 aromatic rings. The molecule has 0 aliphatic rings. The second-order valence-corrected chi connectivity index (χ2v) is 8.52. The van der Waals surface area contributed by atoms with Crippen molar-refractivity contribution >= 4 is 36.7 Å². The number of aromatic nitrogens is 2. The highest BCUT2D eigenvalue weighted by Crippen LogP contribution is 2.38. The lowest BCUT2D eigenvalue weighted by molar-refractivity contribution is 0.356. The maximum absolute atomic E-state index is 13.9. The fourth-order valence-corrected chi connectivity index (χ4v) is 3.70. The first-order valence-corrected chi connectivity index (χ1v) is 9.60. The topological polar surface area (TPSA) is 83.0 Å². The van der Waals surface area contributed by atoms with Gasteiger partial charge in [0.15, 0.2) is 9.84 Å². The first kappa shape index (κ1) is 17.1. The van der Waals surface area contributed by atoms with Gasteiger partial charge in [0.05, 0.1) is 10.2 Å². The number of sulfone groups is 1. The Labute approximate surface area is 146 Å². The van der Waals surface area contributed by atoms with Gasteiger partial charge in [-0.25, -0.2) is 12.8 Å². The van der Waals surface area contributed by atoms with Crippen LogP contribution in [-0.2, 0) is 9.84 Å². The molecule has 0 saturated heterocycles. The van der Waals surface area contributed by atoms with E-state index in [1.807, 2.05) is 0 Å². The summed E-state index contributed by atoms with van der Waals surface area (Å²) in [5.41, 5.74) is 1.98. The van der Waals surface area contributed by atoms with Crippen LogP contribution in [0.1, 0.15) is 17.9 Å². The van der Waals surface area contributed by atoms with Crippen molar-refractivity contribution in [3.8, 4) is 11.3 Å². The molecule has 0 spiro atoms. The lowest BCUT2D eigenvalue weighted by atomic mass is 10.1. The Kier molecular flexibility index (Phi) is 4.46. The van der Waals surface area contributed by atoms with Crippen LogP contribution >= 0.6 is 15.9 Å². The monoisotopic (exact) mass is 412 g/mol. The average molecular weight is 413 g/mol. The van der Waals surface area contributed by atoms with Gasteiger partial charge >= 0.3 is 0 Å². The molecule has 5 nitrogen and oxygen atoms in total. The highest BCUT2D eigenvalue weighted by Gasteiger charge is 2.28. The van der Waals surface area contributed by atoms with Crippen molar-refractivity contribution in [1.82, 2.24) is 9.97 Å². The number of nitrogens with one attached hydrogen (secondary N) is 1. The van der Waals surface area contributed by atoms with Gasteiger partial charge in [0.25, 0.3) is 0 Å². The molecule has 24 heavy (non-hydrogen) atoms. The van der Waals surface area contributed by atoms with Crippen molar-refractivity contribution in [1.29, 1.82) is 0 Å². The van der Waals surface area contributed by atoms with E-state index in [2.05, 4.69) is 25.9 Å². The predicted molar refractivity (Wildman–Crippen MR) is 93.6 cm³/mol. The molecule has 1 aromatic carbocycles. The number of pyridine rings is 1. The number of benzene rings is 1. The van der Waals surface area contributed by atoms with E-state index in [9.17, 15) is 12.8 Å². The summed E-state index contributed by atoms with van der Waals surface area (Å²) in [5.74, 6) is -1.43. The molecule has 0 aliphatic carbocycles. The minimum absolute atomic E-state index is 0.274. The fraction of sp³-hybridized carbons (Fsp3) is 0.188. The van der Waals surface area contributed by atoms with E-state index in [0.29, 0.717) is 27.9 Å². The predicted octanol–water partition coefficient (Wildman–Crippen LogP) is 3.56. The normalized spacial score (nSPS) is 13.3. The first-order valence-electron chi connectivity index (χ1n) is 7.09. The molecule has 1 unspecified atom stereocenters. The summed E-state index contributed by atoms with van der Waals surface area (Å²) in [6, 6.07) is 8.18. The van der Waals surface area contributed by atoms with Crippen LogP contribution in [0, 0.1) is 5.82 Å². The highest BCUT2D eigenvalue weighted by atomic mass is 79.9.